The Morgan fingerprint density at radius 1 is 0.377 bits per heavy atom. The molecule has 9 rings (SSSR count). The van der Waals surface area contributed by atoms with Gasteiger partial charge in [0.25, 0.3) is 0 Å². The molecule has 17 heteroatoms. The average Bonchev–Trinajstić information content (AvgIpc) is 3.85. The van der Waals surface area contributed by atoms with Crippen molar-refractivity contribution in [1.82, 2.24) is 39.9 Å². The van der Waals surface area contributed by atoms with E-state index < -0.39 is 23.9 Å². The van der Waals surface area contributed by atoms with Crippen molar-refractivity contribution >= 4 is 68.0 Å². The van der Waals surface area contributed by atoms with Crippen LogP contribution in [0.25, 0.3) is 89.7 Å². The van der Waals surface area contributed by atoms with Crippen LogP contribution in [0, 0.1) is 0 Å². The van der Waals surface area contributed by atoms with Gasteiger partial charge < -0.3 is 30.4 Å². The average molecular weight is 746 g/mol. The van der Waals surface area contributed by atoms with Crippen molar-refractivity contribution in [1.29, 1.82) is 0 Å². The standard InChI is InChI=1S/C36H18N8O8.Fe/c45-33(46)13-1-5-17-21(9-13)29-38-25(17)37-26-18-6-2-15(35(49)50)11-23(18)31(39-26)44-32-24-12-16(36(51)52)4-8-20(24)28(43-32)42-30-22-10-14(34(47)48)3-7-19(22)27(40-29)41-30;/h1-12H,(H,45,46)(H,47,48)(H,49,50)(H,51,52)(H2,37,38,39,40,41,42,43,44);. The zero-order chi connectivity index (χ0) is 36.0. The number of benzene rings is 4. The number of hydrogen-bond acceptors (Lipinski definition) is 10. The Labute approximate surface area is 304 Å². The van der Waals surface area contributed by atoms with Gasteiger partial charge in [-0.2, -0.15) is 0 Å². The molecule has 0 amide bonds. The molecule has 0 aliphatic carbocycles. The summed E-state index contributed by atoms with van der Waals surface area (Å²) >= 11 is 0. The van der Waals surface area contributed by atoms with Crippen LogP contribution in [-0.4, -0.2) is 84.2 Å². The minimum atomic E-state index is -1.18. The second kappa shape index (κ2) is 11.9. The molecule has 8 bridgehead atoms. The monoisotopic (exact) mass is 746 g/mol. The summed E-state index contributed by atoms with van der Waals surface area (Å²) in [5.41, 5.74) is 2.25. The van der Waals surface area contributed by atoms with Gasteiger partial charge >= 0.3 is 23.9 Å². The van der Waals surface area contributed by atoms with Crippen LogP contribution in [0.2, 0.25) is 0 Å². The Balaban J connectivity index is 0.00000400. The summed E-state index contributed by atoms with van der Waals surface area (Å²) in [7, 11) is 0. The first-order chi connectivity index (χ1) is 25.0. The topological polar surface area (TPSA) is 258 Å². The van der Waals surface area contributed by atoms with Gasteiger partial charge in [0.05, 0.1) is 22.3 Å². The minimum Gasteiger partial charge on any atom is -0.478 e. The summed E-state index contributed by atoms with van der Waals surface area (Å²) in [5.74, 6) is -4.26. The molecule has 16 nitrogen and oxygen atoms in total. The molecule has 0 unspecified atom stereocenters. The third-order valence-corrected chi connectivity index (χ3v) is 8.82. The quantitative estimate of drug-likeness (QED) is 0.119. The van der Waals surface area contributed by atoms with E-state index >= 15 is 0 Å². The van der Waals surface area contributed by atoms with Gasteiger partial charge in [-0.15, -0.1) is 0 Å². The first-order valence-electron chi connectivity index (χ1n) is 15.3. The van der Waals surface area contributed by atoms with Crippen LogP contribution in [0.1, 0.15) is 41.4 Å². The van der Waals surface area contributed by atoms with E-state index in [0.29, 0.717) is 43.8 Å². The molecule has 5 heterocycles. The summed E-state index contributed by atoms with van der Waals surface area (Å²) in [6.07, 6.45) is 0. The van der Waals surface area contributed by atoms with E-state index in [1.807, 2.05) is 0 Å². The molecular weight excluding hydrogens is 728 g/mol. The number of aromatic nitrogens is 8. The zero-order valence-electron chi connectivity index (χ0n) is 26.4. The number of aromatic carboxylic acids is 4. The Morgan fingerprint density at radius 2 is 0.679 bits per heavy atom. The number of hydrogen-bond donors (Lipinski definition) is 6. The van der Waals surface area contributed by atoms with Crippen molar-refractivity contribution in [2.75, 3.05) is 0 Å². The number of fused-ring (bicyclic) bond motifs is 20. The van der Waals surface area contributed by atoms with E-state index in [9.17, 15) is 39.6 Å². The number of carboxylic acids is 4. The maximum Gasteiger partial charge on any atom is 0.335 e. The van der Waals surface area contributed by atoms with Crippen molar-refractivity contribution in [3.8, 4) is 45.6 Å². The maximum absolute atomic E-state index is 12.0. The van der Waals surface area contributed by atoms with Crippen molar-refractivity contribution in [3.05, 3.63) is 95.1 Å². The Morgan fingerprint density at radius 3 is 1.04 bits per heavy atom. The fraction of sp³-hybridized carbons (Fsp3) is 0. The molecule has 7 aromatic rings. The number of H-pyrrole nitrogens is 2. The molecule has 53 heavy (non-hydrogen) atoms. The number of carboxylic acid groups (broad SMARTS) is 4. The predicted molar refractivity (Wildman–Crippen MR) is 184 cm³/mol. The fourth-order valence-corrected chi connectivity index (χ4v) is 6.33. The van der Waals surface area contributed by atoms with Gasteiger partial charge in [0.15, 0.2) is 23.3 Å². The third kappa shape index (κ3) is 5.22. The van der Waals surface area contributed by atoms with Crippen molar-refractivity contribution in [2.24, 2.45) is 0 Å². The van der Waals surface area contributed by atoms with Gasteiger partial charge in [-0.05, 0) is 72.8 Å². The Bertz CT molecular complexity index is 3010. The van der Waals surface area contributed by atoms with E-state index in [1.54, 1.807) is 24.3 Å². The van der Waals surface area contributed by atoms with Crippen molar-refractivity contribution in [2.45, 2.75) is 0 Å². The van der Waals surface area contributed by atoms with Crippen LogP contribution in [0.15, 0.2) is 72.8 Å². The molecule has 2 aliphatic heterocycles. The van der Waals surface area contributed by atoms with Gasteiger partial charge in [-0.3, -0.25) is 0 Å². The summed E-state index contributed by atoms with van der Waals surface area (Å²) in [6.45, 7) is 0. The predicted octanol–water partition coefficient (Wildman–Crippen LogP) is 5.66. The molecule has 0 atom stereocenters. The summed E-state index contributed by atoms with van der Waals surface area (Å²) in [4.78, 5) is 82.7. The summed E-state index contributed by atoms with van der Waals surface area (Å²) < 4.78 is 0. The smallest absolute Gasteiger partial charge is 0.335 e. The van der Waals surface area contributed by atoms with E-state index in [1.165, 1.54) is 48.5 Å². The molecule has 0 saturated heterocycles. The first-order valence-corrected chi connectivity index (χ1v) is 15.3. The molecule has 2 aliphatic rings. The van der Waals surface area contributed by atoms with E-state index in [2.05, 4.69) is 19.9 Å². The molecule has 3 aromatic heterocycles. The number of carbonyl (C=O) groups is 4. The molecular formula is C36H18FeN8O8. The second-order valence-electron chi connectivity index (χ2n) is 11.9. The molecule has 6 N–H and O–H groups in total. The van der Waals surface area contributed by atoms with Crippen LogP contribution in [-0.2, 0) is 17.1 Å². The van der Waals surface area contributed by atoms with Crippen LogP contribution < -0.4 is 0 Å². The summed E-state index contributed by atoms with van der Waals surface area (Å²) in [6, 6.07) is 17.5. The van der Waals surface area contributed by atoms with Crippen LogP contribution in [0.5, 0.6) is 0 Å². The molecule has 0 fully saturated rings. The van der Waals surface area contributed by atoms with Gasteiger partial charge in [0.2, 0.25) is 0 Å². The van der Waals surface area contributed by atoms with Crippen LogP contribution >= 0.6 is 0 Å². The normalized spacial score (nSPS) is 11.5. The Hall–Kier alpha value is -7.36. The second-order valence-corrected chi connectivity index (χ2v) is 11.9. The van der Waals surface area contributed by atoms with Crippen molar-refractivity contribution < 1.29 is 56.7 Å². The molecule has 4 aromatic carbocycles. The SMILES string of the molecule is O=C(O)c1ccc2c(c1)-c1nc-2nc2[nH]c(nc3nc(nc4[nH]c(n1)c1ccc(C(=O)O)cc41)-c1cc(C(=O)O)ccc1-3)c1ccc(C(=O)O)cc21.[Fe]. The number of nitrogens with one attached hydrogen (secondary N) is 2. The number of aromatic amines is 2. The largest absolute Gasteiger partial charge is 0.478 e. The molecule has 0 saturated carbocycles. The van der Waals surface area contributed by atoms with Crippen LogP contribution in [0.4, 0.5) is 0 Å². The van der Waals surface area contributed by atoms with Gasteiger partial charge in [-0.1, -0.05) is 0 Å². The van der Waals surface area contributed by atoms with E-state index in [-0.39, 0.29) is 85.2 Å². The Kier molecular flexibility index (Phi) is 7.35. The minimum absolute atomic E-state index is 0. The first kappa shape index (κ1) is 32.8. The fourth-order valence-electron chi connectivity index (χ4n) is 6.33. The number of rotatable bonds is 4. The van der Waals surface area contributed by atoms with Gasteiger partial charge in [0, 0.05) is 60.9 Å². The molecule has 258 valence electrons. The van der Waals surface area contributed by atoms with Gasteiger partial charge in [0.1, 0.15) is 22.6 Å². The van der Waals surface area contributed by atoms with Gasteiger partial charge in [-0.25, -0.2) is 49.1 Å². The third-order valence-electron chi connectivity index (χ3n) is 8.82. The number of nitrogens with zero attached hydrogens (tertiary/aromatic N) is 6. The summed E-state index contributed by atoms with van der Waals surface area (Å²) in [5, 5.41) is 40.8. The van der Waals surface area contributed by atoms with E-state index in [4.69, 9.17) is 19.9 Å². The zero-order valence-corrected chi connectivity index (χ0v) is 27.5. The maximum atomic E-state index is 12.0. The van der Waals surface area contributed by atoms with E-state index in [0.717, 1.165) is 0 Å². The van der Waals surface area contributed by atoms with Crippen LogP contribution in [0.3, 0.4) is 0 Å². The molecule has 0 radical (unpaired) electrons. The van der Waals surface area contributed by atoms with Crippen molar-refractivity contribution in [3.63, 3.8) is 0 Å². The molecule has 0 spiro atoms.